The first-order chi connectivity index (χ1) is 8.96. The number of amides is 1. The average Bonchev–Trinajstić information content (AvgIpc) is 2.34. The number of alkyl halides is 6. The summed E-state index contributed by atoms with van der Waals surface area (Å²) in [6.07, 6.45) is -11.0. The Bertz CT molecular complexity index is 476. The van der Waals surface area contributed by atoms with Crippen LogP contribution < -0.4 is 4.90 Å². The third-order valence-corrected chi connectivity index (χ3v) is 2.41. The van der Waals surface area contributed by atoms with Gasteiger partial charge in [-0.3, -0.25) is 4.90 Å². The number of rotatable bonds is 1. The molecule has 0 N–H and O–H groups in total. The van der Waals surface area contributed by atoms with E-state index in [9.17, 15) is 31.1 Å². The number of carbonyl (C=O) groups is 1. The molecule has 0 unspecified atom stereocenters. The maximum Gasteiger partial charge on any atom is 0.416 e. The molecule has 0 bridgehead atoms. The van der Waals surface area contributed by atoms with E-state index in [1.807, 2.05) is 0 Å². The molecule has 3 nitrogen and oxygen atoms in total. The Labute approximate surface area is 109 Å². The summed E-state index contributed by atoms with van der Waals surface area (Å²) in [5, 5.41) is 0. The monoisotopic (exact) mass is 301 g/mol. The third kappa shape index (κ3) is 3.55. The van der Waals surface area contributed by atoms with Gasteiger partial charge in [-0.15, -0.1) is 0 Å². The second-order valence-corrected chi connectivity index (χ2v) is 3.79. The number of methoxy groups -OCH3 is 1. The second kappa shape index (κ2) is 5.22. The number of benzene rings is 1. The summed E-state index contributed by atoms with van der Waals surface area (Å²) in [5.41, 5.74) is -3.57. The number of hydrogen-bond acceptors (Lipinski definition) is 2. The molecule has 0 aliphatic heterocycles. The smallest absolute Gasteiger partial charge is 0.416 e. The van der Waals surface area contributed by atoms with Gasteiger partial charge in [0.15, 0.2) is 0 Å². The molecule has 20 heavy (non-hydrogen) atoms. The number of ether oxygens (including phenoxy) is 1. The summed E-state index contributed by atoms with van der Waals surface area (Å²) in [6.45, 7) is 0. The lowest BCUT2D eigenvalue weighted by Crippen LogP contribution is -2.26. The highest BCUT2D eigenvalue weighted by Gasteiger charge is 2.37. The van der Waals surface area contributed by atoms with Gasteiger partial charge in [-0.1, -0.05) is 0 Å². The van der Waals surface area contributed by atoms with Crippen molar-refractivity contribution in [2.24, 2.45) is 0 Å². The van der Waals surface area contributed by atoms with Crippen molar-refractivity contribution in [1.82, 2.24) is 0 Å². The summed E-state index contributed by atoms with van der Waals surface area (Å²) in [4.78, 5) is 11.7. The van der Waals surface area contributed by atoms with Crippen molar-refractivity contribution in [3.8, 4) is 0 Å². The summed E-state index contributed by atoms with van der Waals surface area (Å²) in [7, 11) is 1.96. The lowest BCUT2D eigenvalue weighted by atomic mass is 10.1. The number of halogens is 6. The SMILES string of the molecule is COC(=O)N(C)c1cc(C(F)(F)F)cc(C(F)(F)F)c1. The molecule has 0 aromatic heterocycles. The van der Waals surface area contributed by atoms with Crippen LogP contribution in [0.2, 0.25) is 0 Å². The van der Waals surface area contributed by atoms with E-state index in [-0.39, 0.29) is 6.07 Å². The van der Waals surface area contributed by atoms with Crippen molar-refractivity contribution in [2.75, 3.05) is 19.1 Å². The Morgan fingerprint density at radius 1 is 1.00 bits per heavy atom. The van der Waals surface area contributed by atoms with Crippen LogP contribution in [0.4, 0.5) is 36.8 Å². The van der Waals surface area contributed by atoms with Crippen molar-refractivity contribution in [3.63, 3.8) is 0 Å². The van der Waals surface area contributed by atoms with E-state index < -0.39 is 35.3 Å². The van der Waals surface area contributed by atoms with Crippen LogP contribution in [-0.2, 0) is 17.1 Å². The molecule has 112 valence electrons. The largest absolute Gasteiger partial charge is 0.452 e. The molecule has 0 atom stereocenters. The topological polar surface area (TPSA) is 29.5 Å². The molecule has 1 amide bonds. The quantitative estimate of drug-likeness (QED) is 0.736. The van der Waals surface area contributed by atoms with Gasteiger partial charge >= 0.3 is 18.4 Å². The fourth-order valence-electron chi connectivity index (χ4n) is 1.37. The van der Waals surface area contributed by atoms with Gasteiger partial charge in [0, 0.05) is 12.7 Å². The molecule has 0 spiro atoms. The minimum absolute atomic E-state index is 0.0192. The summed E-state index contributed by atoms with van der Waals surface area (Å²) in [6, 6.07) is 0.854. The van der Waals surface area contributed by atoms with Crippen LogP contribution in [0.5, 0.6) is 0 Å². The number of hydrogen-bond donors (Lipinski definition) is 0. The lowest BCUT2D eigenvalue weighted by Gasteiger charge is -2.19. The normalized spacial score (nSPS) is 12.2. The summed E-state index contributed by atoms with van der Waals surface area (Å²) >= 11 is 0. The molecule has 0 heterocycles. The van der Waals surface area contributed by atoms with E-state index in [0.717, 1.165) is 14.2 Å². The minimum Gasteiger partial charge on any atom is -0.452 e. The zero-order chi connectivity index (χ0) is 15.7. The molecule has 0 fully saturated rings. The maximum absolute atomic E-state index is 12.6. The highest BCUT2D eigenvalue weighted by molar-refractivity contribution is 5.87. The van der Waals surface area contributed by atoms with Crippen molar-refractivity contribution in [1.29, 1.82) is 0 Å². The summed E-state index contributed by atoms with van der Waals surface area (Å²) < 4.78 is 79.7. The molecule has 0 aliphatic rings. The van der Waals surface area contributed by atoms with E-state index in [2.05, 4.69) is 4.74 Å². The summed E-state index contributed by atoms with van der Waals surface area (Å²) in [5.74, 6) is 0. The van der Waals surface area contributed by atoms with Crippen molar-refractivity contribution >= 4 is 11.8 Å². The van der Waals surface area contributed by atoms with E-state index >= 15 is 0 Å². The molecule has 0 saturated carbocycles. The molecule has 9 heteroatoms. The van der Waals surface area contributed by atoms with Gasteiger partial charge in [-0.2, -0.15) is 26.3 Å². The van der Waals surface area contributed by atoms with E-state index in [1.54, 1.807) is 0 Å². The number of carbonyl (C=O) groups excluding carboxylic acids is 1. The molecule has 0 saturated heterocycles. The molecule has 1 rings (SSSR count). The molecule has 0 radical (unpaired) electrons. The van der Waals surface area contributed by atoms with Gasteiger partial charge in [0.25, 0.3) is 0 Å². The van der Waals surface area contributed by atoms with Gasteiger partial charge in [0.1, 0.15) is 0 Å². The Morgan fingerprint density at radius 2 is 1.40 bits per heavy atom. The Balaban J connectivity index is 3.42. The van der Waals surface area contributed by atoms with Crippen LogP contribution in [0.3, 0.4) is 0 Å². The highest BCUT2D eigenvalue weighted by atomic mass is 19.4. The van der Waals surface area contributed by atoms with Gasteiger partial charge in [0.05, 0.1) is 18.2 Å². The van der Waals surface area contributed by atoms with Crippen LogP contribution in [0.25, 0.3) is 0 Å². The fourth-order valence-corrected chi connectivity index (χ4v) is 1.37. The van der Waals surface area contributed by atoms with Crippen LogP contribution in [0, 0.1) is 0 Å². The molecule has 1 aromatic rings. The van der Waals surface area contributed by atoms with E-state index in [4.69, 9.17) is 0 Å². The Hall–Kier alpha value is -1.93. The molecular formula is C11H9F6NO2. The first-order valence-corrected chi connectivity index (χ1v) is 5.08. The average molecular weight is 301 g/mol. The van der Waals surface area contributed by atoms with Crippen molar-refractivity contribution in [3.05, 3.63) is 29.3 Å². The molecular weight excluding hydrogens is 292 g/mol. The predicted molar refractivity (Wildman–Crippen MR) is 57.3 cm³/mol. The third-order valence-electron chi connectivity index (χ3n) is 2.41. The van der Waals surface area contributed by atoms with Gasteiger partial charge < -0.3 is 4.74 Å². The van der Waals surface area contributed by atoms with Crippen LogP contribution in [0.15, 0.2) is 18.2 Å². The number of nitrogens with zero attached hydrogens (tertiary/aromatic N) is 1. The zero-order valence-electron chi connectivity index (χ0n) is 10.3. The Kier molecular flexibility index (Phi) is 4.21. The fraction of sp³-hybridized carbons (Fsp3) is 0.364. The van der Waals surface area contributed by atoms with Gasteiger partial charge in [-0.25, -0.2) is 4.79 Å². The van der Waals surface area contributed by atoms with Crippen LogP contribution in [0.1, 0.15) is 11.1 Å². The Morgan fingerprint density at radius 3 is 1.70 bits per heavy atom. The van der Waals surface area contributed by atoms with Crippen LogP contribution in [-0.4, -0.2) is 20.3 Å². The van der Waals surface area contributed by atoms with Crippen molar-refractivity contribution < 1.29 is 35.9 Å². The predicted octanol–water partition coefficient (Wildman–Crippen LogP) is 3.93. The maximum atomic E-state index is 12.6. The zero-order valence-corrected chi connectivity index (χ0v) is 10.3. The van der Waals surface area contributed by atoms with E-state index in [0.29, 0.717) is 17.0 Å². The minimum atomic E-state index is -4.97. The van der Waals surface area contributed by atoms with E-state index in [1.165, 1.54) is 0 Å². The van der Waals surface area contributed by atoms with Crippen LogP contribution >= 0.6 is 0 Å². The van der Waals surface area contributed by atoms with Gasteiger partial charge in [0.2, 0.25) is 0 Å². The first kappa shape index (κ1) is 16.1. The van der Waals surface area contributed by atoms with Gasteiger partial charge in [-0.05, 0) is 18.2 Å². The standard InChI is InChI=1S/C11H9F6NO2/c1-18(9(19)20-2)8-4-6(10(12,13)14)3-7(5-8)11(15,16)17/h3-5H,1-2H3. The molecule has 0 aliphatic carbocycles. The molecule has 1 aromatic carbocycles. The van der Waals surface area contributed by atoms with Crippen molar-refractivity contribution in [2.45, 2.75) is 12.4 Å². The number of anilines is 1. The highest BCUT2D eigenvalue weighted by Crippen LogP contribution is 2.38. The lowest BCUT2D eigenvalue weighted by molar-refractivity contribution is -0.143. The first-order valence-electron chi connectivity index (χ1n) is 5.08. The second-order valence-electron chi connectivity index (χ2n) is 3.79.